The fourth-order valence-corrected chi connectivity index (χ4v) is 2.09. The van der Waals surface area contributed by atoms with Gasteiger partial charge in [-0.15, -0.1) is 0 Å². The van der Waals surface area contributed by atoms with Crippen LogP contribution in [0.4, 0.5) is 0 Å². The number of fused-ring (bicyclic) bond motifs is 2. The van der Waals surface area contributed by atoms with Crippen molar-refractivity contribution in [3.05, 3.63) is 0 Å². The first kappa shape index (κ1) is 6.62. The van der Waals surface area contributed by atoms with Crippen molar-refractivity contribution < 1.29 is 9.47 Å². The van der Waals surface area contributed by atoms with Crippen molar-refractivity contribution in [2.24, 2.45) is 5.92 Å². The molecule has 10 heavy (non-hydrogen) atoms. The van der Waals surface area contributed by atoms with Gasteiger partial charge in [-0.3, -0.25) is 0 Å². The van der Waals surface area contributed by atoms with Gasteiger partial charge in [0.25, 0.3) is 0 Å². The molecule has 2 nitrogen and oxygen atoms in total. The van der Waals surface area contributed by atoms with E-state index in [4.69, 9.17) is 9.47 Å². The highest BCUT2D eigenvalue weighted by atomic mass is 16.7. The third-order valence-electron chi connectivity index (χ3n) is 2.72. The summed E-state index contributed by atoms with van der Waals surface area (Å²) in [7, 11) is 1.76. The predicted octanol–water partition coefficient (Wildman–Crippen LogP) is 1.55. The second-order valence-corrected chi connectivity index (χ2v) is 3.39. The highest BCUT2D eigenvalue weighted by Gasteiger charge is 2.43. The van der Waals surface area contributed by atoms with Crippen LogP contribution in [0.15, 0.2) is 0 Å². The molecule has 2 rings (SSSR count). The lowest BCUT2D eigenvalue weighted by molar-refractivity contribution is -0.198. The Morgan fingerprint density at radius 2 is 2.50 bits per heavy atom. The van der Waals surface area contributed by atoms with Crippen LogP contribution in [0, 0.1) is 5.92 Å². The normalized spacial score (nSPS) is 45.9. The summed E-state index contributed by atoms with van der Waals surface area (Å²) in [6.07, 6.45) is 4.84. The second kappa shape index (κ2) is 2.21. The predicted molar refractivity (Wildman–Crippen MR) is 37.6 cm³/mol. The third kappa shape index (κ3) is 0.867. The molecule has 1 saturated heterocycles. The molecular weight excluding hydrogens is 128 g/mol. The molecule has 0 aromatic carbocycles. The molecule has 2 unspecified atom stereocenters. The van der Waals surface area contributed by atoms with Gasteiger partial charge in [-0.25, -0.2) is 0 Å². The van der Waals surface area contributed by atoms with Crippen LogP contribution in [-0.4, -0.2) is 19.5 Å². The Balaban J connectivity index is 2.10. The van der Waals surface area contributed by atoms with Gasteiger partial charge in [0, 0.05) is 20.0 Å². The highest BCUT2D eigenvalue weighted by Crippen LogP contribution is 2.41. The zero-order valence-electron chi connectivity index (χ0n) is 6.43. The highest BCUT2D eigenvalue weighted by molar-refractivity contribution is 4.85. The maximum Gasteiger partial charge on any atom is 0.168 e. The molecule has 58 valence electrons. The lowest BCUT2D eigenvalue weighted by Gasteiger charge is -2.29. The minimum Gasteiger partial charge on any atom is -0.353 e. The second-order valence-electron chi connectivity index (χ2n) is 3.39. The molecule has 0 aromatic heterocycles. The van der Waals surface area contributed by atoms with Crippen molar-refractivity contribution >= 4 is 0 Å². The van der Waals surface area contributed by atoms with E-state index in [1.165, 1.54) is 12.8 Å². The van der Waals surface area contributed by atoms with E-state index >= 15 is 0 Å². The molecule has 2 atom stereocenters. The van der Waals surface area contributed by atoms with E-state index in [-0.39, 0.29) is 5.79 Å². The summed E-state index contributed by atoms with van der Waals surface area (Å²) in [5.74, 6) is 0.622. The van der Waals surface area contributed by atoms with Crippen LogP contribution in [0.1, 0.15) is 25.7 Å². The largest absolute Gasteiger partial charge is 0.353 e. The minimum absolute atomic E-state index is 0.164. The number of hydrogen-bond acceptors (Lipinski definition) is 2. The molecule has 0 amide bonds. The van der Waals surface area contributed by atoms with E-state index in [0.29, 0.717) is 0 Å². The molecule has 0 radical (unpaired) electrons. The van der Waals surface area contributed by atoms with Gasteiger partial charge in [-0.2, -0.15) is 0 Å². The lowest BCUT2D eigenvalue weighted by Crippen LogP contribution is -2.32. The Kier molecular flexibility index (Phi) is 1.46. The third-order valence-corrected chi connectivity index (χ3v) is 2.72. The van der Waals surface area contributed by atoms with E-state index < -0.39 is 0 Å². The summed E-state index contributed by atoms with van der Waals surface area (Å²) in [6, 6.07) is 0. The van der Waals surface area contributed by atoms with Crippen molar-refractivity contribution in [1.29, 1.82) is 0 Å². The monoisotopic (exact) mass is 142 g/mol. The molecule has 0 N–H and O–H groups in total. The van der Waals surface area contributed by atoms with E-state index in [1.54, 1.807) is 7.11 Å². The van der Waals surface area contributed by atoms with E-state index in [9.17, 15) is 0 Å². The quantitative estimate of drug-likeness (QED) is 0.553. The Hall–Kier alpha value is -0.0800. The van der Waals surface area contributed by atoms with Crippen LogP contribution in [0.3, 0.4) is 0 Å². The number of hydrogen-bond donors (Lipinski definition) is 0. The molecule has 1 saturated carbocycles. The van der Waals surface area contributed by atoms with Crippen LogP contribution in [0.5, 0.6) is 0 Å². The molecule has 1 heterocycles. The number of ether oxygens (including phenoxy) is 2. The summed E-state index contributed by atoms with van der Waals surface area (Å²) in [6.45, 7) is 0.924. The lowest BCUT2D eigenvalue weighted by atomic mass is 9.88. The summed E-state index contributed by atoms with van der Waals surface area (Å²) >= 11 is 0. The van der Waals surface area contributed by atoms with Crippen molar-refractivity contribution in [1.82, 2.24) is 0 Å². The van der Waals surface area contributed by atoms with Crippen LogP contribution in [0.25, 0.3) is 0 Å². The molecule has 0 spiro atoms. The van der Waals surface area contributed by atoms with Gasteiger partial charge in [0.15, 0.2) is 5.79 Å². The van der Waals surface area contributed by atoms with Gasteiger partial charge in [0.05, 0.1) is 6.61 Å². The average Bonchev–Trinajstić information content (AvgIpc) is 2.29. The molecule has 2 heteroatoms. The smallest absolute Gasteiger partial charge is 0.168 e. The van der Waals surface area contributed by atoms with Gasteiger partial charge in [0.2, 0.25) is 0 Å². The van der Waals surface area contributed by atoms with Crippen LogP contribution < -0.4 is 0 Å². The molecule has 1 aliphatic heterocycles. The van der Waals surface area contributed by atoms with Gasteiger partial charge >= 0.3 is 0 Å². The fourth-order valence-electron chi connectivity index (χ4n) is 2.09. The molecule has 1 aliphatic carbocycles. The summed E-state index contributed by atoms with van der Waals surface area (Å²) in [5.41, 5.74) is 0. The summed E-state index contributed by atoms with van der Waals surface area (Å²) in [5, 5.41) is 0. The minimum atomic E-state index is -0.164. The van der Waals surface area contributed by atoms with Crippen LogP contribution >= 0.6 is 0 Å². The summed E-state index contributed by atoms with van der Waals surface area (Å²) in [4.78, 5) is 0. The SMILES string of the molecule is COC12CCCC(CO1)C2. The average molecular weight is 142 g/mol. The first-order valence-electron chi connectivity index (χ1n) is 4.04. The van der Waals surface area contributed by atoms with Crippen molar-refractivity contribution in [2.75, 3.05) is 13.7 Å². The Morgan fingerprint density at radius 1 is 1.60 bits per heavy atom. The van der Waals surface area contributed by atoms with Crippen LogP contribution in [0.2, 0.25) is 0 Å². The Labute approximate surface area is 61.5 Å². The molecule has 2 fully saturated rings. The first-order chi connectivity index (χ1) is 4.85. The van der Waals surface area contributed by atoms with Gasteiger partial charge in [-0.05, 0) is 18.8 Å². The molecule has 0 aromatic rings. The maximum absolute atomic E-state index is 5.59. The molecular formula is C8H14O2. The zero-order valence-corrected chi connectivity index (χ0v) is 6.43. The van der Waals surface area contributed by atoms with E-state index in [2.05, 4.69) is 0 Å². The van der Waals surface area contributed by atoms with Gasteiger partial charge in [-0.1, -0.05) is 0 Å². The van der Waals surface area contributed by atoms with E-state index in [1.807, 2.05) is 0 Å². The topological polar surface area (TPSA) is 18.5 Å². The zero-order chi connectivity index (χ0) is 7.03. The maximum atomic E-state index is 5.59. The van der Waals surface area contributed by atoms with Crippen molar-refractivity contribution in [3.8, 4) is 0 Å². The Morgan fingerprint density at radius 3 is 3.20 bits per heavy atom. The number of rotatable bonds is 1. The van der Waals surface area contributed by atoms with Gasteiger partial charge in [0.1, 0.15) is 0 Å². The van der Waals surface area contributed by atoms with Crippen molar-refractivity contribution in [3.63, 3.8) is 0 Å². The molecule has 2 bridgehead atoms. The number of methoxy groups -OCH3 is 1. The van der Waals surface area contributed by atoms with Gasteiger partial charge < -0.3 is 9.47 Å². The fraction of sp³-hybridized carbons (Fsp3) is 1.00. The Bertz CT molecular complexity index is 131. The van der Waals surface area contributed by atoms with Crippen LogP contribution in [-0.2, 0) is 9.47 Å². The van der Waals surface area contributed by atoms with E-state index in [0.717, 1.165) is 25.4 Å². The molecule has 2 aliphatic rings. The summed E-state index contributed by atoms with van der Waals surface area (Å²) < 4.78 is 10.9. The standard InChI is InChI=1S/C8H14O2/c1-9-8-4-2-3-7(5-8)6-10-8/h7H,2-6H2,1H3. The first-order valence-corrected chi connectivity index (χ1v) is 4.04. The van der Waals surface area contributed by atoms with Crippen molar-refractivity contribution in [2.45, 2.75) is 31.5 Å².